The molecular weight excluding hydrogens is 337 g/mol. The molecule has 0 unspecified atom stereocenters. The van der Waals surface area contributed by atoms with Gasteiger partial charge in [0.05, 0.1) is 11.1 Å². The first-order valence-corrected chi connectivity index (χ1v) is 8.88. The predicted molar refractivity (Wildman–Crippen MR) is 97.7 cm³/mol. The molecule has 7 heteroatoms. The van der Waals surface area contributed by atoms with Crippen molar-refractivity contribution in [3.05, 3.63) is 46.9 Å². The van der Waals surface area contributed by atoms with Crippen molar-refractivity contribution in [2.24, 2.45) is 0 Å². The number of halogens is 1. The lowest BCUT2D eigenvalue weighted by atomic mass is 10.1. The molecule has 3 heterocycles. The van der Waals surface area contributed by atoms with Gasteiger partial charge in [0.25, 0.3) is 0 Å². The van der Waals surface area contributed by atoms with Crippen molar-refractivity contribution >= 4 is 33.1 Å². The molecule has 0 spiro atoms. The average molecular weight is 353 g/mol. The van der Waals surface area contributed by atoms with Gasteiger partial charge in [-0.05, 0) is 25.1 Å². The van der Waals surface area contributed by atoms with Gasteiger partial charge in [0, 0.05) is 31.1 Å². The Labute approximate surface area is 149 Å². The van der Waals surface area contributed by atoms with Crippen molar-refractivity contribution in [3.63, 3.8) is 0 Å². The fraction of sp³-hybridized carbons (Fsp3) is 0.278. The van der Waals surface area contributed by atoms with Crippen molar-refractivity contribution in [1.82, 2.24) is 9.97 Å². The highest BCUT2D eigenvalue weighted by Gasteiger charge is 2.23. The third kappa shape index (κ3) is 2.79. The van der Waals surface area contributed by atoms with Crippen LogP contribution in [0.5, 0.6) is 0 Å². The molecule has 0 N–H and O–H groups in total. The van der Waals surface area contributed by atoms with Gasteiger partial charge >= 0.3 is 0 Å². The highest BCUT2D eigenvalue weighted by atomic mass is 32.1. The summed E-state index contributed by atoms with van der Waals surface area (Å²) in [7, 11) is 0. The summed E-state index contributed by atoms with van der Waals surface area (Å²) in [5.74, 6) is 0.488. The SMILES string of the molecule is Cc1cc2c(N3CCN(c4cccc(F)c4C#N)CC3)ncnc2s1. The van der Waals surface area contributed by atoms with E-state index in [1.54, 1.807) is 23.7 Å². The van der Waals surface area contributed by atoms with E-state index >= 15 is 0 Å². The van der Waals surface area contributed by atoms with Crippen LogP contribution in [-0.2, 0) is 0 Å². The lowest BCUT2D eigenvalue weighted by Gasteiger charge is -2.37. The highest BCUT2D eigenvalue weighted by molar-refractivity contribution is 7.18. The van der Waals surface area contributed by atoms with Gasteiger partial charge in [-0.1, -0.05) is 6.07 Å². The molecule has 0 radical (unpaired) electrons. The molecule has 0 atom stereocenters. The molecule has 1 saturated heterocycles. The van der Waals surface area contributed by atoms with Crippen LogP contribution in [0, 0.1) is 24.1 Å². The molecule has 5 nitrogen and oxygen atoms in total. The molecule has 4 rings (SSSR count). The molecular formula is C18H16FN5S. The normalized spacial score (nSPS) is 14.8. The van der Waals surface area contributed by atoms with Crippen molar-refractivity contribution in [2.45, 2.75) is 6.92 Å². The van der Waals surface area contributed by atoms with Gasteiger partial charge in [0.1, 0.15) is 34.4 Å². The van der Waals surface area contributed by atoms with Gasteiger partial charge in [-0.2, -0.15) is 5.26 Å². The number of fused-ring (bicyclic) bond motifs is 1. The third-order valence-electron chi connectivity index (χ3n) is 4.45. The van der Waals surface area contributed by atoms with Crippen LogP contribution in [0.15, 0.2) is 30.6 Å². The zero-order chi connectivity index (χ0) is 17.4. The van der Waals surface area contributed by atoms with Gasteiger partial charge < -0.3 is 9.80 Å². The van der Waals surface area contributed by atoms with E-state index < -0.39 is 5.82 Å². The molecule has 0 bridgehead atoms. The monoisotopic (exact) mass is 353 g/mol. The summed E-state index contributed by atoms with van der Waals surface area (Å²) in [5, 5.41) is 10.3. The maximum atomic E-state index is 13.8. The Kier molecular flexibility index (Phi) is 3.98. The van der Waals surface area contributed by atoms with Crippen LogP contribution in [0.2, 0.25) is 0 Å². The molecule has 0 aliphatic carbocycles. The molecule has 25 heavy (non-hydrogen) atoms. The maximum Gasteiger partial charge on any atom is 0.143 e. The number of piperazine rings is 1. The van der Waals surface area contributed by atoms with Gasteiger partial charge in [-0.25, -0.2) is 14.4 Å². The summed E-state index contributed by atoms with van der Waals surface area (Å²) in [6.45, 7) is 5.03. The molecule has 0 saturated carbocycles. The topological polar surface area (TPSA) is 56.0 Å². The highest BCUT2D eigenvalue weighted by Crippen LogP contribution is 2.31. The van der Waals surface area contributed by atoms with Gasteiger partial charge in [0.15, 0.2) is 0 Å². The minimum atomic E-state index is -0.464. The number of anilines is 2. The van der Waals surface area contributed by atoms with Gasteiger partial charge in [-0.3, -0.25) is 0 Å². The molecule has 126 valence electrons. The fourth-order valence-corrected chi connectivity index (χ4v) is 4.10. The molecule has 3 aromatic rings. The molecule has 0 amide bonds. The van der Waals surface area contributed by atoms with Crippen molar-refractivity contribution < 1.29 is 4.39 Å². The summed E-state index contributed by atoms with van der Waals surface area (Å²) >= 11 is 1.67. The number of aryl methyl sites for hydroxylation is 1. The molecule has 1 aliphatic rings. The number of aromatic nitrogens is 2. The fourth-order valence-electron chi connectivity index (χ4n) is 3.26. The Morgan fingerprint density at radius 2 is 1.92 bits per heavy atom. The van der Waals surface area contributed by atoms with Crippen LogP contribution < -0.4 is 9.80 Å². The van der Waals surface area contributed by atoms with E-state index in [1.165, 1.54) is 10.9 Å². The summed E-state index contributed by atoms with van der Waals surface area (Å²) < 4.78 is 13.8. The van der Waals surface area contributed by atoms with Crippen molar-refractivity contribution in [1.29, 1.82) is 5.26 Å². The first-order valence-electron chi connectivity index (χ1n) is 8.07. The van der Waals surface area contributed by atoms with Crippen LogP contribution in [0.25, 0.3) is 10.2 Å². The summed E-state index contributed by atoms with van der Waals surface area (Å²) in [5.41, 5.74) is 0.787. The zero-order valence-electron chi connectivity index (χ0n) is 13.7. The van der Waals surface area contributed by atoms with Crippen LogP contribution in [-0.4, -0.2) is 36.1 Å². The van der Waals surface area contributed by atoms with E-state index in [1.807, 2.05) is 12.1 Å². The second kappa shape index (κ2) is 6.30. The standard InChI is InChI=1S/C18H16FN5S/c1-12-9-13-17(21-11-22-18(13)25-12)24-7-5-23(6-8-24)16-4-2-3-15(19)14(16)10-20/h2-4,9,11H,5-8H2,1H3. The summed E-state index contributed by atoms with van der Waals surface area (Å²) in [6.07, 6.45) is 1.61. The number of hydrogen-bond acceptors (Lipinski definition) is 6. The largest absolute Gasteiger partial charge is 0.367 e. The van der Waals surface area contributed by atoms with E-state index in [9.17, 15) is 9.65 Å². The third-order valence-corrected chi connectivity index (χ3v) is 5.41. The minimum Gasteiger partial charge on any atom is -0.367 e. The lowest BCUT2D eigenvalue weighted by molar-refractivity contribution is 0.616. The second-order valence-corrected chi connectivity index (χ2v) is 7.23. The number of rotatable bonds is 2. The number of nitriles is 1. The second-order valence-electron chi connectivity index (χ2n) is 5.99. The minimum absolute atomic E-state index is 0.119. The van der Waals surface area contributed by atoms with Crippen LogP contribution in [0.4, 0.5) is 15.9 Å². The predicted octanol–water partition coefficient (Wildman–Crippen LogP) is 3.34. The molecule has 1 fully saturated rings. The van der Waals surface area contributed by atoms with E-state index in [2.05, 4.69) is 32.8 Å². The van der Waals surface area contributed by atoms with Crippen LogP contribution in [0.3, 0.4) is 0 Å². The quantitative estimate of drug-likeness (QED) is 0.707. The first kappa shape index (κ1) is 15.8. The summed E-state index contributed by atoms with van der Waals surface area (Å²) in [6, 6.07) is 8.90. The zero-order valence-corrected chi connectivity index (χ0v) is 14.6. The average Bonchev–Trinajstić information content (AvgIpc) is 3.02. The van der Waals surface area contributed by atoms with Crippen LogP contribution >= 0.6 is 11.3 Å². The van der Waals surface area contributed by atoms with E-state index in [0.717, 1.165) is 29.1 Å². The Hall–Kier alpha value is -2.72. The Balaban J connectivity index is 1.58. The van der Waals surface area contributed by atoms with E-state index in [0.29, 0.717) is 18.8 Å². The Bertz CT molecular complexity index is 969. The van der Waals surface area contributed by atoms with Gasteiger partial charge in [-0.15, -0.1) is 11.3 Å². The lowest BCUT2D eigenvalue weighted by Crippen LogP contribution is -2.47. The van der Waals surface area contributed by atoms with Crippen LogP contribution in [0.1, 0.15) is 10.4 Å². The number of thiophene rings is 1. The molecule has 1 aromatic carbocycles. The number of benzene rings is 1. The maximum absolute atomic E-state index is 13.8. The smallest absolute Gasteiger partial charge is 0.143 e. The van der Waals surface area contributed by atoms with E-state index in [4.69, 9.17) is 0 Å². The Morgan fingerprint density at radius 1 is 1.16 bits per heavy atom. The van der Waals surface area contributed by atoms with Crippen molar-refractivity contribution in [3.8, 4) is 6.07 Å². The first-order chi connectivity index (χ1) is 12.2. The van der Waals surface area contributed by atoms with Crippen molar-refractivity contribution in [2.75, 3.05) is 36.0 Å². The molecule has 1 aliphatic heterocycles. The van der Waals surface area contributed by atoms with Gasteiger partial charge in [0.2, 0.25) is 0 Å². The number of nitrogens with zero attached hydrogens (tertiary/aromatic N) is 5. The molecule has 2 aromatic heterocycles. The Morgan fingerprint density at radius 3 is 2.68 bits per heavy atom. The number of hydrogen-bond donors (Lipinski definition) is 0. The van der Waals surface area contributed by atoms with E-state index in [-0.39, 0.29) is 5.56 Å². The summed E-state index contributed by atoms with van der Waals surface area (Å²) in [4.78, 5) is 15.3.